The van der Waals surface area contributed by atoms with Crippen LogP contribution in [-0.4, -0.2) is 34.9 Å². The third kappa shape index (κ3) is 3.70. The van der Waals surface area contributed by atoms with Crippen molar-refractivity contribution in [2.45, 2.75) is 25.2 Å². The van der Waals surface area contributed by atoms with Crippen LogP contribution in [-0.2, 0) is 5.41 Å². The van der Waals surface area contributed by atoms with Crippen LogP contribution in [0.4, 0.5) is 4.39 Å². The topological polar surface area (TPSA) is 40.5 Å². The zero-order valence-corrected chi connectivity index (χ0v) is 11.5. The molecule has 0 fully saturated rings. The Morgan fingerprint density at radius 2 is 1.89 bits per heavy atom. The number of hydrogen-bond donors (Lipinski definition) is 2. The lowest BCUT2D eigenvalue weighted by Gasteiger charge is -2.30. The van der Waals surface area contributed by atoms with Crippen molar-refractivity contribution in [3.8, 4) is 0 Å². The molecule has 0 bridgehead atoms. The zero-order valence-electron chi connectivity index (χ0n) is 10.7. The van der Waals surface area contributed by atoms with Crippen LogP contribution >= 0.6 is 11.8 Å². The highest BCUT2D eigenvalue weighted by Crippen LogP contribution is 2.31. The summed E-state index contributed by atoms with van der Waals surface area (Å²) in [6.07, 6.45) is 1.45. The molecule has 2 N–H and O–H groups in total. The fourth-order valence-corrected chi connectivity index (χ4v) is 2.70. The second kappa shape index (κ2) is 7.77. The third-order valence-corrected chi connectivity index (χ3v) is 4.18. The van der Waals surface area contributed by atoms with Gasteiger partial charge in [-0.3, -0.25) is 0 Å². The van der Waals surface area contributed by atoms with Gasteiger partial charge in [-0.1, -0.05) is 25.1 Å². The molecule has 0 radical (unpaired) electrons. The van der Waals surface area contributed by atoms with Crippen molar-refractivity contribution < 1.29 is 14.6 Å². The van der Waals surface area contributed by atoms with E-state index in [4.69, 9.17) is 0 Å². The maximum absolute atomic E-state index is 13.8. The first kappa shape index (κ1) is 15.5. The highest BCUT2D eigenvalue weighted by molar-refractivity contribution is 7.99. The molecule has 0 saturated carbocycles. The Morgan fingerprint density at radius 1 is 1.22 bits per heavy atom. The van der Waals surface area contributed by atoms with Gasteiger partial charge in [-0.25, -0.2) is 4.39 Å². The van der Waals surface area contributed by atoms with Crippen LogP contribution in [0.5, 0.6) is 0 Å². The molecule has 0 aliphatic heterocycles. The van der Waals surface area contributed by atoms with Gasteiger partial charge in [0.25, 0.3) is 0 Å². The minimum absolute atomic E-state index is 0.235. The maximum Gasteiger partial charge on any atom is 0.127 e. The predicted octanol–water partition coefficient (Wildman–Crippen LogP) is 2.58. The van der Waals surface area contributed by atoms with Crippen molar-refractivity contribution >= 4 is 11.8 Å². The first-order valence-electron chi connectivity index (χ1n) is 6.24. The molecule has 0 atom stereocenters. The second-order valence-corrected chi connectivity index (χ2v) is 5.77. The van der Waals surface area contributed by atoms with Crippen molar-refractivity contribution in [3.05, 3.63) is 35.6 Å². The van der Waals surface area contributed by atoms with Gasteiger partial charge in [-0.2, -0.15) is 11.8 Å². The Kier molecular flexibility index (Phi) is 6.68. The smallest absolute Gasteiger partial charge is 0.127 e. The van der Waals surface area contributed by atoms with Crippen molar-refractivity contribution in [3.63, 3.8) is 0 Å². The Morgan fingerprint density at radius 3 is 2.44 bits per heavy atom. The summed E-state index contributed by atoms with van der Waals surface area (Å²) in [6.45, 7) is 1.62. The lowest BCUT2D eigenvalue weighted by Crippen LogP contribution is -2.36. The summed E-state index contributed by atoms with van der Waals surface area (Å²) >= 11 is 1.81. The van der Waals surface area contributed by atoms with Crippen LogP contribution in [0.3, 0.4) is 0 Å². The van der Waals surface area contributed by atoms with Gasteiger partial charge in [0.05, 0.1) is 13.2 Å². The van der Waals surface area contributed by atoms with Crippen LogP contribution < -0.4 is 0 Å². The molecule has 4 heteroatoms. The summed E-state index contributed by atoms with van der Waals surface area (Å²) in [4.78, 5) is 0. The second-order valence-electron chi connectivity index (χ2n) is 4.38. The van der Waals surface area contributed by atoms with E-state index in [-0.39, 0.29) is 19.0 Å². The lowest BCUT2D eigenvalue weighted by molar-refractivity contribution is 0.106. The average Bonchev–Trinajstić information content (AvgIpc) is 2.41. The van der Waals surface area contributed by atoms with Crippen LogP contribution in [0.25, 0.3) is 0 Å². The Balaban J connectivity index is 2.83. The van der Waals surface area contributed by atoms with Gasteiger partial charge in [0.2, 0.25) is 0 Å². The van der Waals surface area contributed by atoms with E-state index in [0.717, 1.165) is 17.9 Å². The lowest BCUT2D eigenvalue weighted by atomic mass is 9.78. The predicted molar refractivity (Wildman–Crippen MR) is 74.5 cm³/mol. The normalized spacial score (nSPS) is 11.8. The number of benzene rings is 1. The molecule has 1 rings (SSSR count). The average molecular weight is 272 g/mol. The number of aliphatic hydroxyl groups excluding tert-OH is 2. The van der Waals surface area contributed by atoms with Crippen LogP contribution in [0, 0.1) is 5.82 Å². The fraction of sp³-hybridized carbons (Fsp3) is 0.571. The molecule has 0 saturated heterocycles. The van der Waals surface area contributed by atoms with Crippen molar-refractivity contribution in [2.75, 3.05) is 24.7 Å². The molecule has 18 heavy (non-hydrogen) atoms. The minimum atomic E-state index is -0.861. The van der Waals surface area contributed by atoms with E-state index in [9.17, 15) is 14.6 Å². The van der Waals surface area contributed by atoms with Crippen LogP contribution in [0.15, 0.2) is 24.3 Å². The van der Waals surface area contributed by atoms with E-state index in [1.165, 1.54) is 6.07 Å². The summed E-state index contributed by atoms with van der Waals surface area (Å²) in [5.41, 5.74) is -0.448. The van der Waals surface area contributed by atoms with E-state index in [2.05, 4.69) is 6.92 Å². The van der Waals surface area contributed by atoms with Crippen LogP contribution in [0.1, 0.15) is 25.3 Å². The van der Waals surface area contributed by atoms with E-state index in [1.807, 2.05) is 11.8 Å². The minimum Gasteiger partial charge on any atom is -0.395 e. The molecule has 2 nitrogen and oxygen atoms in total. The highest BCUT2D eigenvalue weighted by Gasteiger charge is 2.32. The highest BCUT2D eigenvalue weighted by atomic mass is 32.2. The summed E-state index contributed by atoms with van der Waals surface area (Å²) in [5.74, 6) is 1.65. The quantitative estimate of drug-likeness (QED) is 0.715. The molecule has 0 spiro atoms. The summed E-state index contributed by atoms with van der Waals surface area (Å²) in [5, 5.41) is 19.2. The van der Waals surface area contributed by atoms with Gasteiger partial charge in [0.15, 0.2) is 0 Å². The van der Waals surface area contributed by atoms with Gasteiger partial charge in [-0.05, 0) is 36.0 Å². The van der Waals surface area contributed by atoms with Gasteiger partial charge < -0.3 is 10.2 Å². The van der Waals surface area contributed by atoms with E-state index in [1.54, 1.807) is 18.2 Å². The molecule has 0 unspecified atom stereocenters. The number of aliphatic hydroxyl groups is 2. The third-order valence-electron chi connectivity index (χ3n) is 3.20. The summed E-state index contributed by atoms with van der Waals surface area (Å²) < 4.78 is 13.8. The zero-order chi connectivity index (χ0) is 13.4. The van der Waals surface area contributed by atoms with E-state index in [0.29, 0.717) is 12.0 Å². The number of thioether (sulfide) groups is 1. The van der Waals surface area contributed by atoms with Crippen molar-refractivity contribution in [1.82, 2.24) is 0 Å². The molecule has 1 aromatic carbocycles. The molecule has 0 heterocycles. The number of halogens is 1. The fourth-order valence-electron chi connectivity index (χ4n) is 2.06. The van der Waals surface area contributed by atoms with Gasteiger partial charge >= 0.3 is 0 Å². The van der Waals surface area contributed by atoms with Crippen molar-refractivity contribution in [1.29, 1.82) is 0 Å². The molecular weight excluding hydrogens is 251 g/mol. The van der Waals surface area contributed by atoms with Gasteiger partial charge in [0, 0.05) is 5.41 Å². The van der Waals surface area contributed by atoms with Gasteiger partial charge in [0.1, 0.15) is 5.82 Å². The van der Waals surface area contributed by atoms with E-state index >= 15 is 0 Å². The summed E-state index contributed by atoms with van der Waals surface area (Å²) in [7, 11) is 0. The molecule has 102 valence electrons. The maximum atomic E-state index is 13.8. The Bertz CT molecular complexity index is 353. The number of rotatable bonds is 8. The molecule has 0 aliphatic rings. The first-order valence-corrected chi connectivity index (χ1v) is 7.40. The molecule has 0 aromatic heterocycles. The molecule has 0 aliphatic carbocycles. The largest absolute Gasteiger partial charge is 0.395 e. The molecule has 0 amide bonds. The Hall–Kier alpha value is -0.580. The first-order chi connectivity index (χ1) is 8.70. The summed E-state index contributed by atoms with van der Waals surface area (Å²) in [6, 6.07) is 6.37. The standard InChI is InChI=1S/C14H21FO2S/c1-2-18-9-5-8-14(10-16,11-17)12-6-3-4-7-13(12)15/h3-4,6-7,16-17H,2,5,8-11H2,1H3. The van der Waals surface area contributed by atoms with E-state index < -0.39 is 5.41 Å². The van der Waals surface area contributed by atoms with Gasteiger partial charge in [-0.15, -0.1) is 0 Å². The SMILES string of the molecule is CCSCCCC(CO)(CO)c1ccccc1F. The van der Waals surface area contributed by atoms with Crippen LogP contribution in [0.2, 0.25) is 0 Å². The Labute approximate surface area is 112 Å². The number of hydrogen-bond acceptors (Lipinski definition) is 3. The monoisotopic (exact) mass is 272 g/mol. The van der Waals surface area contributed by atoms with Crippen molar-refractivity contribution in [2.24, 2.45) is 0 Å². The molecular formula is C14H21FO2S. The molecule has 1 aromatic rings.